The number of unbranched alkanes of at least 4 members (excludes halogenated alkanes) is 14. The van der Waals surface area contributed by atoms with Crippen LogP contribution in [0.25, 0.3) is 0 Å². The first-order valence-corrected chi connectivity index (χ1v) is 14.2. The van der Waals surface area contributed by atoms with Gasteiger partial charge in [0.2, 0.25) is 0 Å². The van der Waals surface area contributed by atoms with E-state index < -0.39 is 7.28 Å². The first kappa shape index (κ1) is 27.3. The summed E-state index contributed by atoms with van der Waals surface area (Å²) >= 11 is 0. The van der Waals surface area contributed by atoms with Crippen LogP contribution in [0.2, 0.25) is 0 Å². The SMILES string of the molecule is CCCCCCCCCCP(CCCCCCCCCC)(OC)(OC)OC. The zero-order chi connectivity index (χ0) is 20.3. The molecule has 166 valence electrons. The molecular weight excluding hydrogens is 355 g/mol. The van der Waals surface area contributed by atoms with Crippen molar-refractivity contribution >= 4 is 7.28 Å². The van der Waals surface area contributed by atoms with Crippen LogP contribution in [0, 0.1) is 0 Å². The summed E-state index contributed by atoms with van der Waals surface area (Å²) in [6.45, 7) is 4.55. The fraction of sp³-hybridized carbons (Fsp3) is 1.00. The van der Waals surface area contributed by atoms with E-state index in [9.17, 15) is 0 Å². The van der Waals surface area contributed by atoms with Gasteiger partial charge in [0, 0.05) is 0 Å². The van der Waals surface area contributed by atoms with Crippen molar-refractivity contribution in [3.05, 3.63) is 0 Å². The summed E-state index contributed by atoms with van der Waals surface area (Å²) in [6.07, 6.45) is 23.0. The van der Waals surface area contributed by atoms with Crippen molar-refractivity contribution < 1.29 is 13.6 Å². The van der Waals surface area contributed by atoms with Crippen molar-refractivity contribution in [2.45, 2.75) is 117 Å². The van der Waals surface area contributed by atoms with Crippen LogP contribution in [-0.2, 0) is 13.6 Å². The van der Waals surface area contributed by atoms with Crippen LogP contribution >= 0.6 is 7.28 Å². The van der Waals surface area contributed by atoms with Crippen molar-refractivity contribution in [1.29, 1.82) is 0 Å². The van der Waals surface area contributed by atoms with Gasteiger partial charge in [-0.1, -0.05) is 0 Å². The van der Waals surface area contributed by atoms with Gasteiger partial charge in [-0.25, -0.2) is 0 Å². The third-order valence-corrected chi connectivity index (χ3v) is 10.9. The summed E-state index contributed by atoms with van der Waals surface area (Å²) in [6, 6.07) is 0. The summed E-state index contributed by atoms with van der Waals surface area (Å²) in [5.41, 5.74) is 0. The second kappa shape index (κ2) is 17.2. The average molecular weight is 407 g/mol. The van der Waals surface area contributed by atoms with E-state index >= 15 is 0 Å². The van der Waals surface area contributed by atoms with E-state index in [1.54, 1.807) is 21.3 Å². The van der Waals surface area contributed by atoms with Crippen LogP contribution in [0.3, 0.4) is 0 Å². The van der Waals surface area contributed by atoms with E-state index in [4.69, 9.17) is 13.6 Å². The molecule has 0 aliphatic heterocycles. The van der Waals surface area contributed by atoms with Gasteiger partial charge in [0.05, 0.1) is 0 Å². The zero-order valence-electron chi connectivity index (χ0n) is 19.4. The molecule has 0 spiro atoms. The van der Waals surface area contributed by atoms with Gasteiger partial charge in [0.1, 0.15) is 0 Å². The molecule has 0 fully saturated rings. The first-order valence-electron chi connectivity index (χ1n) is 11.8. The van der Waals surface area contributed by atoms with E-state index in [0.29, 0.717) is 0 Å². The van der Waals surface area contributed by atoms with Crippen LogP contribution in [0.5, 0.6) is 0 Å². The van der Waals surface area contributed by atoms with E-state index in [-0.39, 0.29) is 0 Å². The van der Waals surface area contributed by atoms with Gasteiger partial charge >= 0.3 is 171 Å². The minimum atomic E-state index is -2.91. The van der Waals surface area contributed by atoms with Crippen molar-refractivity contribution in [3.8, 4) is 0 Å². The second-order valence-corrected chi connectivity index (χ2v) is 12.6. The molecule has 27 heavy (non-hydrogen) atoms. The Morgan fingerprint density at radius 3 is 0.926 bits per heavy atom. The number of rotatable bonds is 21. The van der Waals surface area contributed by atoms with Crippen LogP contribution in [0.4, 0.5) is 0 Å². The monoisotopic (exact) mass is 406 g/mol. The minimum absolute atomic E-state index is 0.945. The molecule has 0 unspecified atom stereocenters. The predicted octanol–water partition coefficient (Wildman–Crippen LogP) is 8.51. The molecule has 0 aliphatic rings. The van der Waals surface area contributed by atoms with E-state index in [1.165, 1.54) is 89.9 Å². The molecule has 0 radical (unpaired) electrons. The Morgan fingerprint density at radius 2 is 0.667 bits per heavy atom. The van der Waals surface area contributed by atoms with Crippen molar-refractivity contribution in [3.63, 3.8) is 0 Å². The molecule has 0 amide bonds. The molecule has 0 saturated carbocycles. The molecule has 0 bridgehead atoms. The zero-order valence-corrected chi connectivity index (χ0v) is 20.3. The summed E-state index contributed by atoms with van der Waals surface area (Å²) in [5.74, 6) is 0. The quantitative estimate of drug-likeness (QED) is 0.141. The standard InChI is InChI=1S/C23H51O3P/c1-6-8-10-12-14-16-18-20-22-27(24-3,25-4,26-5)23-21-19-17-15-13-11-9-7-2/h6-23H2,1-5H3. The van der Waals surface area contributed by atoms with E-state index in [1.807, 2.05) is 0 Å². The molecule has 0 rings (SSSR count). The Kier molecular flexibility index (Phi) is 17.4. The number of hydrogen-bond acceptors (Lipinski definition) is 3. The molecule has 0 aromatic carbocycles. The summed E-state index contributed by atoms with van der Waals surface area (Å²) < 4.78 is 18.1. The van der Waals surface area contributed by atoms with Gasteiger partial charge in [0.15, 0.2) is 0 Å². The molecule has 0 aromatic rings. The fourth-order valence-corrected chi connectivity index (χ4v) is 7.42. The Labute approximate surface area is 171 Å². The van der Waals surface area contributed by atoms with Crippen molar-refractivity contribution in [2.24, 2.45) is 0 Å². The first-order chi connectivity index (χ1) is 13.1. The molecule has 0 N–H and O–H groups in total. The van der Waals surface area contributed by atoms with Crippen molar-refractivity contribution in [1.82, 2.24) is 0 Å². The second-order valence-electron chi connectivity index (χ2n) is 8.17. The fourth-order valence-electron chi connectivity index (χ4n) is 3.99. The molecule has 0 aromatic heterocycles. The topological polar surface area (TPSA) is 27.7 Å². The molecule has 4 heteroatoms. The third-order valence-electron chi connectivity index (χ3n) is 6.11. The maximum absolute atomic E-state index is 6.03. The molecule has 0 saturated heterocycles. The average Bonchev–Trinajstić information content (AvgIpc) is 2.71. The van der Waals surface area contributed by atoms with Gasteiger partial charge in [0.25, 0.3) is 0 Å². The third kappa shape index (κ3) is 11.8. The van der Waals surface area contributed by atoms with Crippen LogP contribution < -0.4 is 0 Å². The molecule has 0 aliphatic carbocycles. The Balaban J connectivity index is 4.15. The van der Waals surface area contributed by atoms with Gasteiger partial charge in [-0.05, 0) is 0 Å². The molecule has 0 atom stereocenters. The normalized spacial score (nSPS) is 13.6. The van der Waals surface area contributed by atoms with E-state index in [2.05, 4.69) is 13.8 Å². The predicted molar refractivity (Wildman–Crippen MR) is 123 cm³/mol. The Morgan fingerprint density at radius 1 is 0.407 bits per heavy atom. The van der Waals surface area contributed by atoms with Gasteiger partial charge in [-0.15, -0.1) is 0 Å². The summed E-state index contributed by atoms with van der Waals surface area (Å²) in [7, 11) is 2.46. The van der Waals surface area contributed by atoms with Gasteiger partial charge in [-0.2, -0.15) is 0 Å². The van der Waals surface area contributed by atoms with Crippen LogP contribution in [0.1, 0.15) is 117 Å². The summed E-state index contributed by atoms with van der Waals surface area (Å²) in [4.78, 5) is 0. The van der Waals surface area contributed by atoms with Gasteiger partial charge in [-0.3, -0.25) is 0 Å². The van der Waals surface area contributed by atoms with Crippen LogP contribution in [-0.4, -0.2) is 33.7 Å². The number of hydrogen-bond donors (Lipinski definition) is 0. The summed E-state index contributed by atoms with van der Waals surface area (Å²) in [5, 5.41) is 0. The van der Waals surface area contributed by atoms with Crippen LogP contribution in [0.15, 0.2) is 0 Å². The maximum atomic E-state index is 6.03. The van der Waals surface area contributed by atoms with E-state index in [0.717, 1.165) is 25.2 Å². The Hall–Kier alpha value is 0.310. The molecule has 0 heterocycles. The Bertz CT molecular complexity index is 284. The molecule has 3 nitrogen and oxygen atoms in total. The van der Waals surface area contributed by atoms with Gasteiger partial charge < -0.3 is 0 Å². The van der Waals surface area contributed by atoms with Crippen molar-refractivity contribution in [2.75, 3.05) is 33.7 Å². The molecular formula is C23H51O3P.